The monoisotopic (exact) mass is 586 g/mol. The van der Waals surface area contributed by atoms with Crippen molar-refractivity contribution < 1.29 is 29.7 Å². The van der Waals surface area contributed by atoms with E-state index in [0.717, 1.165) is 49.5 Å². The molecule has 2 fully saturated rings. The number of benzene rings is 2. The number of aliphatic hydroxyl groups is 2. The summed E-state index contributed by atoms with van der Waals surface area (Å²) in [6.45, 7) is 4.95. The molecule has 4 aliphatic rings. The SMILES string of the molecule is CN1CCN(Cc2ccc(-c3cc(N(C)C)c4c(c3O)C(O)=C3C(=O)C5C(O)=C(C(N)=O)C(=O)CC5CC3C4)cc2)CC1. The number of ketones is 2. The van der Waals surface area contributed by atoms with Crippen molar-refractivity contribution in [2.75, 3.05) is 52.2 Å². The van der Waals surface area contributed by atoms with E-state index >= 15 is 0 Å². The molecule has 3 aliphatic carbocycles. The van der Waals surface area contributed by atoms with Crippen molar-refractivity contribution >= 4 is 28.9 Å². The highest BCUT2D eigenvalue weighted by molar-refractivity contribution is 6.21. The Balaban J connectivity index is 1.39. The summed E-state index contributed by atoms with van der Waals surface area (Å²) in [6.07, 6.45) is 0.656. The molecule has 6 rings (SSSR count). The zero-order chi connectivity index (χ0) is 30.7. The van der Waals surface area contributed by atoms with Gasteiger partial charge in [0.2, 0.25) is 0 Å². The second-order valence-corrected chi connectivity index (χ2v) is 12.6. The van der Waals surface area contributed by atoms with E-state index in [-0.39, 0.29) is 29.1 Å². The molecule has 1 heterocycles. The van der Waals surface area contributed by atoms with Crippen molar-refractivity contribution in [2.45, 2.75) is 25.8 Å². The maximum atomic E-state index is 13.8. The molecular weight excluding hydrogens is 548 g/mol. The molecule has 3 atom stereocenters. The van der Waals surface area contributed by atoms with E-state index in [2.05, 4.69) is 29.0 Å². The number of rotatable bonds is 5. The number of hydrogen-bond acceptors (Lipinski definition) is 9. The summed E-state index contributed by atoms with van der Waals surface area (Å²) >= 11 is 0. The Hall–Kier alpha value is -4.15. The Morgan fingerprint density at radius 2 is 1.70 bits per heavy atom. The van der Waals surface area contributed by atoms with Gasteiger partial charge in [-0.3, -0.25) is 19.3 Å². The third kappa shape index (κ3) is 4.88. The molecule has 1 aliphatic heterocycles. The van der Waals surface area contributed by atoms with Gasteiger partial charge in [0.25, 0.3) is 5.91 Å². The van der Waals surface area contributed by atoms with Crippen LogP contribution in [0.3, 0.4) is 0 Å². The summed E-state index contributed by atoms with van der Waals surface area (Å²) in [5.41, 5.74) is 9.11. The lowest BCUT2D eigenvalue weighted by Crippen LogP contribution is -2.44. The van der Waals surface area contributed by atoms with E-state index < -0.39 is 46.6 Å². The van der Waals surface area contributed by atoms with Gasteiger partial charge in [-0.1, -0.05) is 24.3 Å². The van der Waals surface area contributed by atoms with E-state index in [1.54, 1.807) is 0 Å². The lowest BCUT2D eigenvalue weighted by Gasteiger charge is -2.41. The summed E-state index contributed by atoms with van der Waals surface area (Å²) in [6, 6.07) is 9.94. The van der Waals surface area contributed by atoms with Gasteiger partial charge in [0.15, 0.2) is 11.6 Å². The van der Waals surface area contributed by atoms with Crippen LogP contribution >= 0.6 is 0 Å². The van der Waals surface area contributed by atoms with E-state index in [0.29, 0.717) is 18.4 Å². The average Bonchev–Trinajstić information content (AvgIpc) is 2.94. The predicted molar refractivity (Wildman–Crippen MR) is 162 cm³/mol. The van der Waals surface area contributed by atoms with Crippen molar-refractivity contribution in [1.82, 2.24) is 9.80 Å². The Bertz CT molecular complexity index is 1580. The van der Waals surface area contributed by atoms with Crippen molar-refractivity contribution in [3.05, 3.63) is 63.9 Å². The normalized spacial score (nSPS) is 24.5. The van der Waals surface area contributed by atoms with Gasteiger partial charge in [0.05, 0.1) is 11.5 Å². The van der Waals surface area contributed by atoms with Crippen molar-refractivity contribution in [3.8, 4) is 16.9 Å². The number of piperazine rings is 1. The molecule has 2 aromatic carbocycles. The second kappa shape index (κ2) is 10.8. The highest BCUT2D eigenvalue weighted by atomic mass is 16.3. The number of anilines is 1. The molecule has 5 N–H and O–H groups in total. The molecule has 10 nitrogen and oxygen atoms in total. The summed E-state index contributed by atoms with van der Waals surface area (Å²) in [5.74, 6) is -5.31. The number of aliphatic hydroxyl groups excluding tert-OH is 2. The first-order valence-electron chi connectivity index (χ1n) is 14.8. The lowest BCUT2D eigenvalue weighted by atomic mass is 9.61. The van der Waals surface area contributed by atoms with Crippen LogP contribution in [-0.2, 0) is 27.3 Å². The summed E-state index contributed by atoms with van der Waals surface area (Å²) in [7, 11) is 5.91. The number of amides is 1. The minimum atomic E-state index is -1.14. The zero-order valence-corrected chi connectivity index (χ0v) is 24.8. The minimum Gasteiger partial charge on any atom is -0.511 e. The van der Waals surface area contributed by atoms with Gasteiger partial charge < -0.3 is 30.9 Å². The molecule has 0 spiro atoms. The second-order valence-electron chi connectivity index (χ2n) is 12.6. The number of likely N-dealkylation sites (N-methyl/N-ethyl adjacent to an activating group) is 1. The van der Waals surface area contributed by atoms with Crippen molar-refractivity contribution in [1.29, 1.82) is 0 Å². The van der Waals surface area contributed by atoms with Crippen molar-refractivity contribution in [2.24, 2.45) is 23.5 Å². The molecule has 226 valence electrons. The zero-order valence-electron chi connectivity index (χ0n) is 24.8. The largest absolute Gasteiger partial charge is 0.511 e. The van der Waals surface area contributed by atoms with Crippen LogP contribution in [0.15, 0.2) is 47.2 Å². The maximum Gasteiger partial charge on any atom is 0.255 e. The van der Waals surface area contributed by atoms with Crippen LogP contribution in [0.25, 0.3) is 16.9 Å². The number of aromatic hydroxyl groups is 1. The Morgan fingerprint density at radius 1 is 1.02 bits per heavy atom. The third-order valence-corrected chi connectivity index (χ3v) is 9.61. The predicted octanol–water partition coefficient (Wildman–Crippen LogP) is 2.79. The number of allylic oxidation sites excluding steroid dienone is 2. The Morgan fingerprint density at radius 3 is 2.33 bits per heavy atom. The highest BCUT2D eigenvalue weighted by Crippen LogP contribution is 2.53. The maximum absolute atomic E-state index is 13.8. The molecule has 1 amide bonds. The van der Waals surface area contributed by atoms with Crippen LogP contribution in [0, 0.1) is 17.8 Å². The van der Waals surface area contributed by atoms with Crippen LogP contribution < -0.4 is 10.6 Å². The van der Waals surface area contributed by atoms with E-state index in [4.69, 9.17) is 5.73 Å². The van der Waals surface area contributed by atoms with E-state index in [1.807, 2.05) is 37.2 Å². The lowest BCUT2D eigenvalue weighted by molar-refractivity contribution is -0.127. The van der Waals surface area contributed by atoms with Crippen LogP contribution in [0.4, 0.5) is 5.69 Å². The van der Waals surface area contributed by atoms with Gasteiger partial charge in [-0.15, -0.1) is 0 Å². The molecule has 3 unspecified atom stereocenters. The molecular formula is C33H38N4O6. The fourth-order valence-electron chi connectivity index (χ4n) is 7.36. The molecule has 43 heavy (non-hydrogen) atoms. The van der Waals surface area contributed by atoms with Gasteiger partial charge in [0.1, 0.15) is 22.8 Å². The van der Waals surface area contributed by atoms with E-state index in [1.165, 1.54) is 5.56 Å². The van der Waals surface area contributed by atoms with Gasteiger partial charge in [0, 0.05) is 70.1 Å². The number of nitrogens with zero attached hydrogens (tertiary/aromatic N) is 3. The van der Waals surface area contributed by atoms with Gasteiger partial charge in [-0.2, -0.15) is 0 Å². The first-order valence-corrected chi connectivity index (χ1v) is 14.8. The molecule has 0 bridgehead atoms. The first-order chi connectivity index (χ1) is 20.5. The number of carbonyl (C=O) groups excluding carboxylic acids is 3. The number of carbonyl (C=O) groups is 3. The van der Waals surface area contributed by atoms with Crippen LogP contribution in [0.5, 0.6) is 5.75 Å². The van der Waals surface area contributed by atoms with E-state index in [9.17, 15) is 29.7 Å². The molecule has 1 saturated carbocycles. The summed E-state index contributed by atoms with van der Waals surface area (Å²) in [4.78, 5) is 45.0. The van der Waals surface area contributed by atoms with Crippen molar-refractivity contribution in [3.63, 3.8) is 0 Å². The number of fused-ring (bicyclic) bond motifs is 3. The fourth-order valence-corrected chi connectivity index (χ4v) is 7.36. The quantitative estimate of drug-likeness (QED) is 0.388. The number of hydrogen-bond donors (Lipinski definition) is 4. The van der Waals surface area contributed by atoms with Gasteiger partial charge >= 0.3 is 0 Å². The number of primary amides is 1. The third-order valence-electron chi connectivity index (χ3n) is 9.61. The van der Waals surface area contributed by atoms with Crippen LogP contribution in [0.1, 0.15) is 29.5 Å². The summed E-state index contributed by atoms with van der Waals surface area (Å²) in [5, 5.41) is 34.1. The molecule has 1 saturated heterocycles. The van der Waals surface area contributed by atoms with Gasteiger partial charge in [-0.05, 0) is 54.5 Å². The van der Waals surface area contributed by atoms with Gasteiger partial charge in [-0.25, -0.2) is 0 Å². The molecule has 0 radical (unpaired) electrons. The molecule has 2 aromatic rings. The minimum absolute atomic E-state index is 0.0777. The Labute approximate surface area is 250 Å². The summed E-state index contributed by atoms with van der Waals surface area (Å²) < 4.78 is 0. The topological polar surface area (TPSA) is 148 Å². The van der Waals surface area contributed by atoms with Crippen LogP contribution in [-0.4, -0.2) is 89.9 Å². The fraction of sp³-hybridized carbons (Fsp3) is 0.424. The number of phenolic OH excluding ortho intramolecular Hbond substituents is 1. The number of phenols is 1. The number of Topliss-reactive ketones (excluding diaryl/α,β-unsaturated/α-hetero) is 2. The smallest absolute Gasteiger partial charge is 0.255 e. The number of nitrogens with two attached hydrogens (primary N) is 1. The standard InChI is InChI=1S/C33H38N4O6/c1-35(2)23-15-21(18-6-4-17(5-7-18)16-37-10-8-36(3)9-11-37)29(39)27-22(23)13-19-12-20-14-24(38)28(33(34)43)32(42)26(20)30(40)25(19)31(27)41/h4-7,15,19-20,26,39,41-42H,8-14,16H2,1-3H3,(H2,34,43). The molecule has 10 heteroatoms. The molecule has 0 aromatic heterocycles. The highest BCUT2D eigenvalue weighted by Gasteiger charge is 2.51. The van der Waals surface area contributed by atoms with Crippen LogP contribution in [0.2, 0.25) is 0 Å². The average molecular weight is 587 g/mol. The first kappa shape index (κ1) is 28.9. The Kier molecular flexibility index (Phi) is 7.30.